The van der Waals surface area contributed by atoms with Crippen molar-refractivity contribution in [3.63, 3.8) is 0 Å². The van der Waals surface area contributed by atoms with E-state index in [1.54, 1.807) is 10.9 Å². The van der Waals surface area contributed by atoms with Gasteiger partial charge in [-0.15, -0.1) is 0 Å². The first kappa shape index (κ1) is 14.0. The number of likely N-dealkylation sites (N-methyl/N-ethyl adjacent to an activating group) is 1. The van der Waals surface area contributed by atoms with Crippen LogP contribution in [-0.2, 0) is 11.8 Å². The summed E-state index contributed by atoms with van der Waals surface area (Å²) >= 11 is 0. The van der Waals surface area contributed by atoms with Crippen molar-refractivity contribution >= 4 is 5.97 Å². The number of aliphatic carboxylic acids is 1. The Kier molecular flexibility index (Phi) is 4.21. The Hall–Kier alpha value is -1.40. The lowest BCUT2D eigenvalue weighted by molar-refractivity contribution is -0.138. The third kappa shape index (κ3) is 3.13. The number of nitrogens with zero attached hydrogens (tertiary/aromatic N) is 4. The Bertz CT molecular complexity index is 449. The summed E-state index contributed by atoms with van der Waals surface area (Å²) in [5.41, 5.74) is 2.08. The smallest absolute Gasteiger partial charge is 0.305 e. The number of rotatable bonds is 4. The van der Waals surface area contributed by atoms with Crippen molar-refractivity contribution in [2.75, 3.05) is 33.2 Å². The van der Waals surface area contributed by atoms with Gasteiger partial charge in [0.05, 0.1) is 12.6 Å². The van der Waals surface area contributed by atoms with Crippen molar-refractivity contribution in [1.82, 2.24) is 19.6 Å². The highest BCUT2D eigenvalue weighted by Crippen LogP contribution is 2.27. The maximum Gasteiger partial charge on any atom is 0.305 e. The number of aromatic nitrogens is 2. The van der Waals surface area contributed by atoms with Gasteiger partial charge in [-0.2, -0.15) is 5.10 Å². The summed E-state index contributed by atoms with van der Waals surface area (Å²) < 4.78 is 1.81. The molecule has 0 radical (unpaired) electrons. The first-order chi connectivity index (χ1) is 8.99. The fourth-order valence-electron chi connectivity index (χ4n) is 2.58. The molecule has 1 aromatic rings. The molecule has 106 valence electrons. The number of carboxylic acid groups (broad SMARTS) is 1. The minimum absolute atomic E-state index is 0.0695. The van der Waals surface area contributed by atoms with Crippen LogP contribution in [-0.4, -0.2) is 63.9 Å². The lowest BCUT2D eigenvalue weighted by Gasteiger charge is -2.37. The lowest BCUT2D eigenvalue weighted by atomic mass is 10.0. The molecule has 2 rings (SSSR count). The molecule has 0 aromatic carbocycles. The first-order valence-electron chi connectivity index (χ1n) is 6.62. The minimum Gasteiger partial charge on any atom is -0.481 e. The van der Waals surface area contributed by atoms with Gasteiger partial charge in [-0.05, 0) is 14.0 Å². The van der Waals surface area contributed by atoms with Crippen LogP contribution in [0.3, 0.4) is 0 Å². The van der Waals surface area contributed by atoms with Crippen LogP contribution in [0, 0.1) is 6.92 Å². The van der Waals surface area contributed by atoms with Crippen LogP contribution in [0.2, 0.25) is 0 Å². The number of carboxylic acids is 1. The molecule has 19 heavy (non-hydrogen) atoms. The fourth-order valence-corrected chi connectivity index (χ4v) is 2.58. The summed E-state index contributed by atoms with van der Waals surface area (Å²) in [6, 6.07) is -0.0695. The monoisotopic (exact) mass is 266 g/mol. The predicted molar refractivity (Wildman–Crippen MR) is 72.0 cm³/mol. The summed E-state index contributed by atoms with van der Waals surface area (Å²) in [6.07, 6.45) is 1.94. The van der Waals surface area contributed by atoms with E-state index in [2.05, 4.69) is 21.9 Å². The molecule has 6 heteroatoms. The van der Waals surface area contributed by atoms with E-state index in [1.807, 2.05) is 14.0 Å². The molecule has 0 saturated carbocycles. The van der Waals surface area contributed by atoms with Gasteiger partial charge >= 0.3 is 5.97 Å². The second kappa shape index (κ2) is 5.71. The molecule has 1 N–H and O–H groups in total. The van der Waals surface area contributed by atoms with Crippen LogP contribution in [0.25, 0.3) is 0 Å². The van der Waals surface area contributed by atoms with E-state index >= 15 is 0 Å². The molecule has 2 heterocycles. The van der Waals surface area contributed by atoms with Crippen LogP contribution in [0.15, 0.2) is 6.20 Å². The molecule has 0 amide bonds. The SMILES string of the molecule is Cc1c(C(CC(=O)O)N2CCN(C)CC2)cnn1C. The van der Waals surface area contributed by atoms with E-state index in [-0.39, 0.29) is 12.5 Å². The van der Waals surface area contributed by atoms with E-state index in [0.717, 1.165) is 37.4 Å². The van der Waals surface area contributed by atoms with Gasteiger partial charge < -0.3 is 10.0 Å². The average Bonchev–Trinajstić information content (AvgIpc) is 2.68. The number of aryl methyl sites for hydroxylation is 1. The van der Waals surface area contributed by atoms with Crippen LogP contribution in [0.4, 0.5) is 0 Å². The van der Waals surface area contributed by atoms with Crippen molar-refractivity contribution < 1.29 is 9.90 Å². The topological polar surface area (TPSA) is 61.6 Å². The van der Waals surface area contributed by atoms with Crippen molar-refractivity contribution in [2.24, 2.45) is 7.05 Å². The number of piperazine rings is 1. The minimum atomic E-state index is -0.757. The number of carbonyl (C=O) groups is 1. The second-order valence-corrected chi connectivity index (χ2v) is 5.26. The molecule has 1 unspecified atom stereocenters. The zero-order valence-electron chi connectivity index (χ0n) is 11.8. The van der Waals surface area contributed by atoms with Gasteiger partial charge in [-0.3, -0.25) is 14.4 Å². The highest BCUT2D eigenvalue weighted by molar-refractivity contribution is 5.68. The molecule has 1 atom stereocenters. The van der Waals surface area contributed by atoms with Crippen LogP contribution in [0.5, 0.6) is 0 Å². The lowest BCUT2D eigenvalue weighted by Crippen LogP contribution is -2.46. The third-order valence-corrected chi connectivity index (χ3v) is 3.98. The Morgan fingerprint density at radius 3 is 2.47 bits per heavy atom. The zero-order chi connectivity index (χ0) is 14.0. The maximum absolute atomic E-state index is 11.1. The van der Waals surface area contributed by atoms with Crippen molar-refractivity contribution in [3.8, 4) is 0 Å². The Labute approximate surface area is 113 Å². The van der Waals surface area contributed by atoms with E-state index in [0.29, 0.717) is 0 Å². The van der Waals surface area contributed by atoms with Crippen molar-refractivity contribution in [1.29, 1.82) is 0 Å². The van der Waals surface area contributed by atoms with Gasteiger partial charge in [-0.1, -0.05) is 0 Å². The quantitative estimate of drug-likeness (QED) is 0.859. The zero-order valence-corrected chi connectivity index (χ0v) is 11.8. The molecule has 1 saturated heterocycles. The van der Waals surface area contributed by atoms with Gasteiger partial charge in [0.15, 0.2) is 0 Å². The van der Waals surface area contributed by atoms with Gasteiger partial charge in [0, 0.05) is 50.5 Å². The van der Waals surface area contributed by atoms with E-state index in [4.69, 9.17) is 5.11 Å². The molecular formula is C13H22N4O2. The van der Waals surface area contributed by atoms with Gasteiger partial charge in [0.2, 0.25) is 0 Å². The molecule has 1 fully saturated rings. The normalized spacial score (nSPS) is 19.5. The summed E-state index contributed by atoms with van der Waals surface area (Å²) in [5, 5.41) is 13.4. The van der Waals surface area contributed by atoms with E-state index < -0.39 is 5.97 Å². The Balaban J connectivity index is 2.20. The highest BCUT2D eigenvalue weighted by atomic mass is 16.4. The number of hydrogen-bond donors (Lipinski definition) is 1. The highest BCUT2D eigenvalue weighted by Gasteiger charge is 2.28. The molecule has 0 aliphatic carbocycles. The van der Waals surface area contributed by atoms with E-state index in [9.17, 15) is 4.79 Å². The third-order valence-electron chi connectivity index (χ3n) is 3.98. The van der Waals surface area contributed by atoms with Crippen LogP contribution in [0.1, 0.15) is 23.7 Å². The summed E-state index contributed by atoms with van der Waals surface area (Å²) in [6.45, 7) is 5.77. The molecule has 1 aromatic heterocycles. The van der Waals surface area contributed by atoms with E-state index in [1.165, 1.54) is 0 Å². The van der Waals surface area contributed by atoms with Crippen LogP contribution >= 0.6 is 0 Å². The van der Waals surface area contributed by atoms with Crippen molar-refractivity contribution in [2.45, 2.75) is 19.4 Å². The van der Waals surface area contributed by atoms with Gasteiger partial charge in [0.1, 0.15) is 0 Å². The molecule has 0 bridgehead atoms. The molecular weight excluding hydrogens is 244 g/mol. The summed E-state index contributed by atoms with van der Waals surface area (Å²) in [7, 11) is 3.99. The summed E-state index contributed by atoms with van der Waals surface area (Å²) in [5.74, 6) is -0.757. The second-order valence-electron chi connectivity index (χ2n) is 5.26. The van der Waals surface area contributed by atoms with Gasteiger partial charge in [-0.25, -0.2) is 0 Å². The fraction of sp³-hybridized carbons (Fsp3) is 0.692. The molecule has 1 aliphatic heterocycles. The molecule has 0 spiro atoms. The van der Waals surface area contributed by atoms with Crippen molar-refractivity contribution in [3.05, 3.63) is 17.5 Å². The summed E-state index contributed by atoms with van der Waals surface area (Å²) in [4.78, 5) is 15.7. The maximum atomic E-state index is 11.1. The van der Waals surface area contributed by atoms with Gasteiger partial charge in [0.25, 0.3) is 0 Å². The Morgan fingerprint density at radius 2 is 2.00 bits per heavy atom. The first-order valence-corrected chi connectivity index (χ1v) is 6.62. The largest absolute Gasteiger partial charge is 0.481 e. The standard InChI is InChI=1S/C13H22N4O2/c1-10-11(9-14-16(10)3)12(8-13(18)19)17-6-4-15(2)5-7-17/h9,12H,4-8H2,1-3H3,(H,18,19). The average molecular weight is 266 g/mol. The van der Waals surface area contributed by atoms with Crippen LogP contribution < -0.4 is 0 Å². The number of hydrogen-bond acceptors (Lipinski definition) is 4. The molecule has 6 nitrogen and oxygen atoms in total. The molecule has 1 aliphatic rings. The predicted octanol–water partition coefficient (Wildman–Crippen LogP) is 0.492. The Morgan fingerprint density at radius 1 is 1.37 bits per heavy atom.